The van der Waals surface area contributed by atoms with E-state index in [9.17, 15) is 0 Å². The summed E-state index contributed by atoms with van der Waals surface area (Å²) in [5.74, 6) is 1.66. The molecule has 0 spiro atoms. The second-order valence-electron chi connectivity index (χ2n) is 6.65. The van der Waals surface area contributed by atoms with E-state index in [1.807, 2.05) is 0 Å². The summed E-state index contributed by atoms with van der Waals surface area (Å²) in [6, 6.07) is 0.688. The zero-order chi connectivity index (χ0) is 12.5. The average Bonchev–Trinajstić information content (AvgIpc) is 2.72. The van der Waals surface area contributed by atoms with Crippen molar-refractivity contribution in [3.05, 3.63) is 0 Å². The smallest absolute Gasteiger partial charge is 0.0730 e. The molecule has 1 aliphatic heterocycles. The van der Waals surface area contributed by atoms with E-state index in [-0.39, 0.29) is 0 Å². The van der Waals surface area contributed by atoms with E-state index in [1.165, 1.54) is 25.8 Å². The molecule has 1 aliphatic carbocycles. The van der Waals surface area contributed by atoms with Gasteiger partial charge in [0.15, 0.2) is 0 Å². The first-order valence-corrected chi connectivity index (χ1v) is 7.62. The average molecular weight is 257 g/mol. The molecule has 2 fully saturated rings. The normalized spacial score (nSPS) is 32.5. The van der Waals surface area contributed by atoms with Crippen molar-refractivity contribution in [1.29, 1.82) is 0 Å². The molecule has 3 heteroatoms. The van der Waals surface area contributed by atoms with E-state index < -0.39 is 0 Å². The van der Waals surface area contributed by atoms with Crippen LogP contribution in [-0.4, -0.2) is 42.5 Å². The molecular weight excluding hydrogens is 230 g/mol. The third kappa shape index (κ3) is 3.18. The van der Waals surface area contributed by atoms with Gasteiger partial charge in [0.2, 0.25) is 0 Å². The van der Waals surface area contributed by atoms with Crippen LogP contribution in [0.25, 0.3) is 0 Å². The molecule has 2 rings (SSSR count). The van der Waals surface area contributed by atoms with Gasteiger partial charge in [-0.25, -0.2) is 0 Å². The first-order chi connectivity index (χ1) is 8.02. The Bertz CT molecular complexity index is 251. The summed E-state index contributed by atoms with van der Waals surface area (Å²) in [5, 5.41) is 0. The van der Waals surface area contributed by atoms with Crippen molar-refractivity contribution >= 4 is 12.6 Å². The highest BCUT2D eigenvalue weighted by atomic mass is 32.1. The van der Waals surface area contributed by atoms with E-state index in [4.69, 9.17) is 4.74 Å². The van der Waals surface area contributed by atoms with Gasteiger partial charge in [0, 0.05) is 19.1 Å². The fourth-order valence-electron chi connectivity index (χ4n) is 3.12. The van der Waals surface area contributed by atoms with Crippen molar-refractivity contribution in [1.82, 2.24) is 4.90 Å². The second kappa shape index (κ2) is 5.50. The maximum absolute atomic E-state index is 5.87. The zero-order valence-corrected chi connectivity index (χ0v) is 12.4. The Labute approximate surface area is 112 Å². The number of thiol groups is 1. The van der Waals surface area contributed by atoms with Crippen LogP contribution in [0.3, 0.4) is 0 Å². The van der Waals surface area contributed by atoms with Crippen molar-refractivity contribution in [2.45, 2.75) is 52.2 Å². The second-order valence-corrected chi connectivity index (χ2v) is 7.01. The van der Waals surface area contributed by atoms with Gasteiger partial charge in [-0.05, 0) is 36.3 Å². The number of morpholine rings is 1. The Hall–Kier alpha value is 0.270. The highest BCUT2D eigenvalue weighted by molar-refractivity contribution is 7.80. The number of nitrogens with zero attached hydrogens (tertiary/aromatic N) is 1. The Morgan fingerprint density at radius 2 is 2.12 bits per heavy atom. The molecular formula is C14H27NOS. The van der Waals surface area contributed by atoms with E-state index >= 15 is 0 Å². The molecule has 0 amide bonds. The highest BCUT2D eigenvalue weighted by Gasteiger charge is 2.37. The molecule has 2 nitrogen and oxygen atoms in total. The van der Waals surface area contributed by atoms with E-state index in [1.54, 1.807) is 0 Å². The first kappa shape index (κ1) is 13.7. The fourth-order valence-corrected chi connectivity index (χ4v) is 3.78. The predicted molar refractivity (Wildman–Crippen MR) is 75.8 cm³/mol. The number of ether oxygens (including phenoxy) is 1. The SMILES string of the molecule is CC(C)(C)C(CS)CN1CCOC2CCCC21. The molecule has 0 aromatic heterocycles. The molecule has 3 atom stereocenters. The summed E-state index contributed by atoms with van der Waals surface area (Å²) in [6.45, 7) is 10.2. The molecule has 17 heavy (non-hydrogen) atoms. The van der Waals surface area contributed by atoms with Gasteiger partial charge in [0.05, 0.1) is 12.7 Å². The molecule has 1 saturated carbocycles. The molecule has 0 radical (unpaired) electrons. The Kier molecular flexibility index (Phi) is 4.43. The predicted octanol–water partition coefficient (Wildman–Crippen LogP) is 2.83. The molecule has 2 aliphatic rings. The number of hydrogen-bond donors (Lipinski definition) is 1. The zero-order valence-electron chi connectivity index (χ0n) is 11.5. The van der Waals surface area contributed by atoms with Crippen LogP contribution in [0.15, 0.2) is 0 Å². The van der Waals surface area contributed by atoms with E-state index in [0.29, 0.717) is 23.5 Å². The molecule has 0 N–H and O–H groups in total. The third-order valence-corrected chi connectivity index (χ3v) is 4.94. The first-order valence-electron chi connectivity index (χ1n) is 6.99. The molecule has 3 unspecified atom stereocenters. The largest absolute Gasteiger partial charge is 0.375 e. The van der Waals surface area contributed by atoms with Crippen molar-refractivity contribution in [2.24, 2.45) is 11.3 Å². The Morgan fingerprint density at radius 1 is 1.35 bits per heavy atom. The van der Waals surface area contributed by atoms with Crippen LogP contribution in [0, 0.1) is 11.3 Å². The van der Waals surface area contributed by atoms with Crippen molar-refractivity contribution < 1.29 is 4.74 Å². The maximum atomic E-state index is 5.87. The molecule has 1 heterocycles. The monoisotopic (exact) mass is 257 g/mol. The Morgan fingerprint density at radius 3 is 2.76 bits per heavy atom. The summed E-state index contributed by atoms with van der Waals surface area (Å²) >= 11 is 4.55. The summed E-state index contributed by atoms with van der Waals surface area (Å²) in [5.41, 5.74) is 0.355. The van der Waals surface area contributed by atoms with E-state index in [0.717, 1.165) is 18.9 Å². The fraction of sp³-hybridized carbons (Fsp3) is 1.00. The van der Waals surface area contributed by atoms with Gasteiger partial charge < -0.3 is 4.74 Å². The third-order valence-electron chi connectivity index (χ3n) is 4.50. The lowest BCUT2D eigenvalue weighted by Crippen LogP contribution is -2.51. The van der Waals surface area contributed by atoms with Crippen LogP contribution in [0.5, 0.6) is 0 Å². The van der Waals surface area contributed by atoms with Crippen molar-refractivity contribution in [3.8, 4) is 0 Å². The number of rotatable bonds is 3. The van der Waals surface area contributed by atoms with Gasteiger partial charge in [0.1, 0.15) is 0 Å². The summed E-state index contributed by atoms with van der Waals surface area (Å²) in [7, 11) is 0. The van der Waals surface area contributed by atoms with Crippen LogP contribution >= 0.6 is 12.6 Å². The molecule has 0 aromatic rings. The molecule has 0 bridgehead atoms. The van der Waals surface area contributed by atoms with Crippen LogP contribution in [-0.2, 0) is 4.74 Å². The molecule has 1 saturated heterocycles. The number of hydrogen-bond acceptors (Lipinski definition) is 3. The topological polar surface area (TPSA) is 12.5 Å². The summed E-state index contributed by atoms with van der Waals surface area (Å²) < 4.78 is 5.87. The van der Waals surface area contributed by atoms with Gasteiger partial charge in [0.25, 0.3) is 0 Å². The van der Waals surface area contributed by atoms with Gasteiger partial charge in [-0.15, -0.1) is 0 Å². The minimum absolute atomic E-state index is 0.355. The van der Waals surface area contributed by atoms with Gasteiger partial charge >= 0.3 is 0 Å². The van der Waals surface area contributed by atoms with Crippen molar-refractivity contribution in [3.63, 3.8) is 0 Å². The van der Waals surface area contributed by atoms with E-state index in [2.05, 4.69) is 38.3 Å². The minimum Gasteiger partial charge on any atom is -0.375 e. The van der Waals surface area contributed by atoms with Crippen molar-refractivity contribution in [2.75, 3.05) is 25.4 Å². The maximum Gasteiger partial charge on any atom is 0.0730 e. The molecule has 0 aromatic carbocycles. The highest BCUT2D eigenvalue weighted by Crippen LogP contribution is 2.33. The number of fused-ring (bicyclic) bond motifs is 1. The van der Waals surface area contributed by atoms with Crippen LogP contribution < -0.4 is 0 Å². The van der Waals surface area contributed by atoms with Crippen LogP contribution in [0.1, 0.15) is 40.0 Å². The van der Waals surface area contributed by atoms with Crippen LogP contribution in [0.4, 0.5) is 0 Å². The Balaban J connectivity index is 1.97. The van der Waals surface area contributed by atoms with Gasteiger partial charge in [-0.1, -0.05) is 20.8 Å². The molecule has 100 valence electrons. The lowest BCUT2D eigenvalue weighted by molar-refractivity contribution is -0.0637. The quantitative estimate of drug-likeness (QED) is 0.781. The lowest BCUT2D eigenvalue weighted by Gasteiger charge is -2.42. The summed E-state index contributed by atoms with van der Waals surface area (Å²) in [6.07, 6.45) is 4.45. The van der Waals surface area contributed by atoms with Gasteiger partial charge in [-0.2, -0.15) is 12.6 Å². The standard InChI is InChI=1S/C14H27NOS/c1-14(2,3)11(10-17)9-15-7-8-16-13-6-4-5-12(13)15/h11-13,17H,4-10H2,1-3H3. The lowest BCUT2D eigenvalue weighted by atomic mass is 9.81. The summed E-state index contributed by atoms with van der Waals surface area (Å²) in [4.78, 5) is 2.67. The van der Waals surface area contributed by atoms with Crippen LogP contribution in [0.2, 0.25) is 0 Å². The van der Waals surface area contributed by atoms with Gasteiger partial charge in [-0.3, -0.25) is 4.90 Å². The minimum atomic E-state index is 0.355.